The van der Waals surface area contributed by atoms with Crippen LogP contribution in [-0.2, 0) is 17.8 Å². The molecule has 2 N–H and O–H groups in total. The predicted molar refractivity (Wildman–Crippen MR) is 94.4 cm³/mol. The van der Waals surface area contributed by atoms with Crippen LogP contribution in [0.2, 0.25) is 0 Å². The van der Waals surface area contributed by atoms with Gasteiger partial charge in [-0.3, -0.25) is 4.79 Å². The fourth-order valence-corrected chi connectivity index (χ4v) is 3.99. The van der Waals surface area contributed by atoms with Crippen molar-refractivity contribution in [1.82, 2.24) is 10.3 Å². The highest BCUT2D eigenvalue weighted by atomic mass is 35.5. The molecule has 0 spiro atoms. The van der Waals surface area contributed by atoms with Gasteiger partial charge in [-0.05, 0) is 55.8 Å². The molecule has 0 radical (unpaired) electrons. The van der Waals surface area contributed by atoms with Crippen molar-refractivity contribution < 1.29 is 4.74 Å². The average molecular weight is 335 g/mol. The molecule has 1 atom stereocenters. The lowest BCUT2D eigenvalue weighted by Gasteiger charge is -2.34. The molecule has 4 rings (SSSR count). The zero-order chi connectivity index (χ0) is 15.1. The van der Waals surface area contributed by atoms with E-state index < -0.39 is 0 Å². The highest BCUT2D eigenvalue weighted by Gasteiger charge is 2.30. The van der Waals surface area contributed by atoms with E-state index in [1.165, 1.54) is 5.56 Å². The molecule has 0 bridgehead atoms. The second kappa shape index (κ2) is 6.63. The molecular formula is C18H23ClN2O2. The molecular weight excluding hydrogens is 312 g/mol. The number of piperidine rings is 1. The number of H-pyrrole nitrogens is 1. The molecule has 1 aromatic carbocycles. The Balaban J connectivity index is 0.00000156. The Morgan fingerprint density at radius 2 is 2.00 bits per heavy atom. The smallest absolute Gasteiger partial charge is 0.256 e. The monoisotopic (exact) mass is 334 g/mol. The number of halogens is 1. The summed E-state index contributed by atoms with van der Waals surface area (Å²) in [4.78, 5) is 15.5. The molecule has 23 heavy (non-hydrogen) atoms. The molecule has 2 aromatic rings. The van der Waals surface area contributed by atoms with Gasteiger partial charge in [0.2, 0.25) is 0 Å². The quantitative estimate of drug-likeness (QED) is 0.843. The van der Waals surface area contributed by atoms with Crippen LogP contribution in [0.5, 0.6) is 0 Å². The normalized spacial score (nSPS) is 21.7. The van der Waals surface area contributed by atoms with Crippen molar-refractivity contribution in [1.29, 1.82) is 0 Å². The van der Waals surface area contributed by atoms with Crippen LogP contribution in [-0.4, -0.2) is 24.2 Å². The Kier molecular flexibility index (Phi) is 4.76. The van der Waals surface area contributed by atoms with Crippen LogP contribution in [0, 0.1) is 12.8 Å². The fourth-order valence-electron chi connectivity index (χ4n) is 3.99. The average Bonchev–Trinajstić information content (AvgIpc) is 2.55. The maximum atomic E-state index is 12.4. The first kappa shape index (κ1) is 16.5. The molecule has 4 nitrogen and oxygen atoms in total. The molecule has 1 aromatic heterocycles. The Morgan fingerprint density at radius 1 is 1.22 bits per heavy atom. The van der Waals surface area contributed by atoms with Gasteiger partial charge in [-0.2, -0.15) is 0 Å². The van der Waals surface area contributed by atoms with E-state index in [4.69, 9.17) is 4.74 Å². The maximum Gasteiger partial charge on any atom is 0.256 e. The summed E-state index contributed by atoms with van der Waals surface area (Å²) in [5.74, 6) is 0.602. The van der Waals surface area contributed by atoms with E-state index in [2.05, 4.69) is 23.3 Å². The van der Waals surface area contributed by atoms with Gasteiger partial charge in [-0.15, -0.1) is 12.4 Å². The van der Waals surface area contributed by atoms with E-state index in [1.807, 2.05) is 12.1 Å². The number of rotatable bonds is 1. The van der Waals surface area contributed by atoms with E-state index in [0.29, 0.717) is 12.5 Å². The molecule has 3 heterocycles. The minimum atomic E-state index is 0. The number of pyridine rings is 1. The molecule has 5 heteroatoms. The Morgan fingerprint density at radius 3 is 2.78 bits per heavy atom. The van der Waals surface area contributed by atoms with Crippen LogP contribution >= 0.6 is 12.4 Å². The van der Waals surface area contributed by atoms with Crippen molar-refractivity contribution in [3.05, 3.63) is 45.4 Å². The van der Waals surface area contributed by atoms with Crippen LogP contribution < -0.4 is 10.9 Å². The summed E-state index contributed by atoms with van der Waals surface area (Å²) in [6, 6.07) is 5.92. The Hall–Kier alpha value is -1.36. The van der Waals surface area contributed by atoms with Gasteiger partial charge >= 0.3 is 0 Å². The van der Waals surface area contributed by atoms with Crippen molar-refractivity contribution in [3.8, 4) is 0 Å². The number of ether oxygens (including phenoxy) is 1. The Labute approximate surface area is 142 Å². The molecule has 0 saturated carbocycles. The molecule has 1 unspecified atom stereocenters. The van der Waals surface area contributed by atoms with Gasteiger partial charge in [0, 0.05) is 23.1 Å². The van der Waals surface area contributed by atoms with Crippen molar-refractivity contribution in [2.24, 2.45) is 5.92 Å². The standard InChI is InChI=1S/C18H22N2O2.ClH/c1-11-3-2-4-13-17(11)14-10-22-16(9-15(14)20-18(13)21)12-5-7-19-8-6-12;/h2-4,12,16,19H,5-10H2,1H3,(H,20,21);1H. The highest BCUT2D eigenvalue weighted by molar-refractivity contribution is 5.88. The zero-order valence-electron chi connectivity index (χ0n) is 13.4. The SMILES string of the molecule is Cc1cccc2c(=O)[nH]c3c(c12)COC(C1CCNCC1)C3.Cl. The summed E-state index contributed by atoms with van der Waals surface area (Å²) in [6.45, 7) is 4.83. The van der Waals surface area contributed by atoms with E-state index in [0.717, 1.165) is 54.4 Å². The summed E-state index contributed by atoms with van der Waals surface area (Å²) in [6.07, 6.45) is 3.40. The third-order valence-electron chi connectivity index (χ3n) is 5.20. The van der Waals surface area contributed by atoms with Crippen molar-refractivity contribution in [2.75, 3.05) is 13.1 Å². The summed E-state index contributed by atoms with van der Waals surface area (Å²) >= 11 is 0. The summed E-state index contributed by atoms with van der Waals surface area (Å²) in [7, 11) is 0. The molecule has 1 fully saturated rings. The van der Waals surface area contributed by atoms with Crippen LogP contribution in [0.25, 0.3) is 10.8 Å². The molecule has 124 valence electrons. The fraction of sp³-hybridized carbons (Fsp3) is 0.500. The van der Waals surface area contributed by atoms with Gasteiger partial charge in [0.1, 0.15) is 0 Å². The van der Waals surface area contributed by atoms with Crippen LogP contribution in [0.1, 0.15) is 29.7 Å². The van der Waals surface area contributed by atoms with E-state index in [1.54, 1.807) is 0 Å². The lowest BCUT2D eigenvalue weighted by atomic mass is 9.86. The molecule has 0 aliphatic carbocycles. The molecule has 2 aliphatic rings. The maximum absolute atomic E-state index is 12.4. The van der Waals surface area contributed by atoms with E-state index >= 15 is 0 Å². The number of aryl methyl sites for hydroxylation is 1. The number of benzene rings is 1. The number of hydrogen-bond donors (Lipinski definition) is 2. The van der Waals surface area contributed by atoms with Crippen LogP contribution in [0.4, 0.5) is 0 Å². The number of aromatic amines is 1. The molecule has 1 saturated heterocycles. The number of aromatic nitrogens is 1. The third-order valence-corrected chi connectivity index (χ3v) is 5.20. The first-order valence-corrected chi connectivity index (χ1v) is 8.19. The van der Waals surface area contributed by atoms with Crippen molar-refractivity contribution >= 4 is 23.2 Å². The minimum Gasteiger partial charge on any atom is -0.373 e. The zero-order valence-corrected chi connectivity index (χ0v) is 14.2. The van der Waals surface area contributed by atoms with E-state index in [9.17, 15) is 4.79 Å². The summed E-state index contributed by atoms with van der Waals surface area (Å²) in [5, 5.41) is 5.27. The van der Waals surface area contributed by atoms with Crippen molar-refractivity contribution in [3.63, 3.8) is 0 Å². The minimum absolute atomic E-state index is 0. The lowest BCUT2D eigenvalue weighted by molar-refractivity contribution is -0.0187. The lowest BCUT2D eigenvalue weighted by Crippen LogP contribution is -2.38. The number of fused-ring (bicyclic) bond motifs is 3. The van der Waals surface area contributed by atoms with Gasteiger partial charge in [0.25, 0.3) is 5.56 Å². The van der Waals surface area contributed by atoms with Gasteiger partial charge in [0.05, 0.1) is 12.7 Å². The van der Waals surface area contributed by atoms with Crippen LogP contribution in [0.15, 0.2) is 23.0 Å². The van der Waals surface area contributed by atoms with E-state index in [-0.39, 0.29) is 24.1 Å². The third kappa shape index (κ3) is 2.91. The van der Waals surface area contributed by atoms with Gasteiger partial charge in [-0.25, -0.2) is 0 Å². The largest absolute Gasteiger partial charge is 0.373 e. The summed E-state index contributed by atoms with van der Waals surface area (Å²) in [5.41, 5.74) is 3.45. The molecule has 0 amide bonds. The highest BCUT2D eigenvalue weighted by Crippen LogP contribution is 2.31. The predicted octanol–water partition coefficient (Wildman–Crippen LogP) is 2.70. The second-order valence-electron chi connectivity index (χ2n) is 6.55. The molecule has 2 aliphatic heterocycles. The number of nitrogens with one attached hydrogen (secondary N) is 2. The van der Waals surface area contributed by atoms with Gasteiger partial charge < -0.3 is 15.0 Å². The van der Waals surface area contributed by atoms with Crippen molar-refractivity contribution in [2.45, 2.75) is 38.9 Å². The Bertz CT molecular complexity index is 765. The van der Waals surface area contributed by atoms with Crippen LogP contribution in [0.3, 0.4) is 0 Å². The van der Waals surface area contributed by atoms with Gasteiger partial charge in [0.15, 0.2) is 0 Å². The number of hydrogen-bond acceptors (Lipinski definition) is 3. The summed E-state index contributed by atoms with van der Waals surface area (Å²) < 4.78 is 6.20. The topological polar surface area (TPSA) is 54.1 Å². The first-order chi connectivity index (χ1) is 10.7. The van der Waals surface area contributed by atoms with Gasteiger partial charge in [-0.1, -0.05) is 12.1 Å². The second-order valence-corrected chi connectivity index (χ2v) is 6.55. The first-order valence-electron chi connectivity index (χ1n) is 8.19.